The molecule has 0 bridgehead atoms. The van der Waals surface area contributed by atoms with Gasteiger partial charge in [0.1, 0.15) is 5.75 Å². The number of amides is 2. The molecule has 0 radical (unpaired) electrons. The van der Waals surface area contributed by atoms with Crippen LogP contribution in [0, 0.1) is 5.92 Å². The zero-order valence-electron chi connectivity index (χ0n) is 12.6. The highest BCUT2D eigenvalue weighted by Crippen LogP contribution is 2.15. The van der Waals surface area contributed by atoms with Gasteiger partial charge in [0.2, 0.25) is 5.91 Å². The summed E-state index contributed by atoms with van der Waals surface area (Å²) < 4.78 is 5.60. The fourth-order valence-corrected chi connectivity index (χ4v) is 2.11. The Labute approximate surface area is 125 Å². The van der Waals surface area contributed by atoms with Crippen LogP contribution >= 0.6 is 0 Å². The van der Waals surface area contributed by atoms with Crippen LogP contribution < -0.4 is 10.1 Å². The largest absolute Gasteiger partial charge is 0.493 e. The van der Waals surface area contributed by atoms with Crippen molar-refractivity contribution in [1.29, 1.82) is 0 Å². The van der Waals surface area contributed by atoms with Crippen molar-refractivity contribution < 1.29 is 14.3 Å². The fourth-order valence-electron chi connectivity index (χ4n) is 2.11. The molecule has 1 aliphatic heterocycles. The molecule has 0 aromatic heterocycles. The highest BCUT2D eigenvalue weighted by atomic mass is 16.5. The first-order valence-corrected chi connectivity index (χ1v) is 7.35. The smallest absolute Gasteiger partial charge is 0.253 e. The third kappa shape index (κ3) is 4.48. The number of ether oxygens (including phenoxy) is 1. The van der Waals surface area contributed by atoms with E-state index in [0.29, 0.717) is 44.1 Å². The van der Waals surface area contributed by atoms with Crippen molar-refractivity contribution >= 4 is 11.8 Å². The third-order valence-corrected chi connectivity index (χ3v) is 3.28. The van der Waals surface area contributed by atoms with Crippen molar-refractivity contribution in [1.82, 2.24) is 10.2 Å². The molecule has 1 aliphatic rings. The predicted molar refractivity (Wildman–Crippen MR) is 80.3 cm³/mol. The quantitative estimate of drug-likeness (QED) is 0.918. The van der Waals surface area contributed by atoms with E-state index in [1.165, 1.54) is 0 Å². The van der Waals surface area contributed by atoms with E-state index < -0.39 is 0 Å². The summed E-state index contributed by atoms with van der Waals surface area (Å²) in [5.41, 5.74) is 0.626. The molecule has 0 unspecified atom stereocenters. The van der Waals surface area contributed by atoms with Gasteiger partial charge in [-0.1, -0.05) is 13.8 Å². The molecule has 2 rings (SSSR count). The lowest BCUT2D eigenvalue weighted by molar-refractivity contribution is -0.120. The van der Waals surface area contributed by atoms with Gasteiger partial charge in [-0.3, -0.25) is 9.59 Å². The van der Waals surface area contributed by atoms with E-state index in [1.54, 1.807) is 17.0 Å². The monoisotopic (exact) mass is 290 g/mol. The average Bonchev–Trinajstić information content (AvgIpc) is 2.69. The molecule has 5 heteroatoms. The first kappa shape index (κ1) is 15.4. The summed E-state index contributed by atoms with van der Waals surface area (Å²) in [5.74, 6) is 1.20. The summed E-state index contributed by atoms with van der Waals surface area (Å²) in [4.78, 5) is 25.4. The number of hydrogen-bond acceptors (Lipinski definition) is 3. The van der Waals surface area contributed by atoms with Gasteiger partial charge in [0, 0.05) is 31.6 Å². The van der Waals surface area contributed by atoms with Crippen molar-refractivity contribution in [3.8, 4) is 5.75 Å². The van der Waals surface area contributed by atoms with E-state index in [9.17, 15) is 9.59 Å². The highest BCUT2D eigenvalue weighted by molar-refractivity contribution is 5.94. The summed E-state index contributed by atoms with van der Waals surface area (Å²) in [6, 6.07) is 7.18. The third-order valence-electron chi connectivity index (χ3n) is 3.28. The molecule has 1 fully saturated rings. The minimum absolute atomic E-state index is 0.00253. The van der Waals surface area contributed by atoms with Gasteiger partial charge < -0.3 is 15.0 Å². The Morgan fingerprint density at radius 1 is 1.29 bits per heavy atom. The molecule has 5 nitrogen and oxygen atoms in total. The number of carbonyl (C=O) groups excluding carboxylic acids is 2. The second kappa shape index (κ2) is 7.11. The second-order valence-corrected chi connectivity index (χ2v) is 5.62. The lowest BCUT2D eigenvalue weighted by Gasteiger charge is -2.19. The summed E-state index contributed by atoms with van der Waals surface area (Å²) in [7, 11) is 0. The van der Waals surface area contributed by atoms with Crippen LogP contribution in [0.4, 0.5) is 0 Å². The van der Waals surface area contributed by atoms with Gasteiger partial charge in [0.25, 0.3) is 5.91 Å². The Balaban J connectivity index is 1.97. The maximum atomic E-state index is 12.4. The normalized spacial score (nSPS) is 15.6. The van der Waals surface area contributed by atoms with Crippen LogP contribution in [0.25, 0.3) is 0 Å². The number of carbonyl (C=O) groups is 2. The van der Waals surface area contributed by atoms with Crippen molar-refractivity contribution in [3.63, 3.8) is 0 Å². The van der Waals surface area contributed by atoms with E-state index in [1.807, 2.05) is 12.1 Å². The minimum Gasteiger partial charge on any atom is -0.493 e. The van der Waals surface area contributed by atoms with Gasteiger partial charge in [-0.05, 0) is 30.2 Å². The summed E-state index contributed by atoms with van der Waals surface area (Å²) in [5, 5.41) is 2.76. The first-order chi connectivity index (χ1) is 10.1. The number of hydrogen-bond donors (Lipinski definition) is 1. The summed E-state index contributed by atoms with van der Waals surface area (Å²) in [6.07, 6.45) is 0.362. The van der Waals surface area contributed by atoms with Crippen molar-refractivity contribution in [2.75, 3.05) is 26.2 Å². The maximum absolute atomic E-state index is 12.4. The number of benzene rings is 1. The Bertz CT molecular complexity index is 497. The Hall–Kier alpha value is -2.04. The highest BCUT2D eigenvalue weighted by Gasteiger charge is 2.19. The molecule has 0 spiro atoms. The van der Waals surface area contributed by atoms with Crippen LogP contribution in [-0.4, -0.2) is 43.0 Å². The minimum atomic E-state index is -0.0399. The standard InChI is InChI=1S/C16H22N2O3/c1-12(2)11-21-14-5-3-13(4-6-14)16(20)18-9-7-15(19)17-8-10-18/h3-6,12H,7-11H2,1-2H3,(H,17,19). The van der Waals surface area contributed by atoms with Gasteiger partial charge in [0.05, 0.1) is 6.61 Å². The van der Waals surface area contributed by atoms with Crippen LogP contribution in [0.2, 0.25) is 0 Å². The number of nitrogens with zero attached hydrogens (tertiary/aromatic N) is 1. The Kier molecular flexibility index (Phi) is 5.20. The predicted octanol–water partition coefficient (Wildman–Crippen LogP) is 1.68. The van der Waals surface area contributed by atoms with E-state index >= 15 is 0 Å². The molecule has 1 N–H and O–H groups in total. The lowest BCUT2D eigenvalue weighted by atomic mass is 10.2. The Morgan fingerprint density at radius 3 is 2.67 bits per heavy atom. The number of nitrogens with one attached hydrogen (secondary N) is 1. The molecule has 1 heterocycles. The molecule has 1 aromatic rings. The summed E-state index contributed by atoms with van der Waals surface area (Å²) in [6.45, 7) is 6.37. The zero-order valence-corrected chi connectivity index (χ0v) is 12.6. The second-order valence-electron chi connectivity index (χ2n) is 5.62. The maximum Gasteiger partial charge on any atom is 0.253 e. The fraction of sp³-hybridized carbons (Fsp3) is 0.500. The van der Waals surface area contributed by atoms with Crippen molar-refractivity contribution in [3.05, 3.63) is 29.8 Å². The van der Waals surface area contributed by atoms with E-state index in [4.69, 9.17) is 4.74 Å². The summed E-state index contributed by atoms with van der Waals surface area (Å²) >= 11 is 0. The van der Waals surface area contributed by atoms with Gasteiger partial charge in [-0.15, -0.1) is 0 Å². The van der Waals surface area contributed by atoms with Crippen molar-refractivity contribution in [2.24, 2.45) is 5.92 Å². The molecule has 114 valence electrons. The van der Waals surface area contributed by atoms with Gasteiger partial charge in [0.15, 0.2) is 0 Å². The van der Waals surface area contributed by atoms with E-state index in [-0.39, 0.29) is 11.8 Å². The van der Waals surface area contributed by atoms with Gasteiger partial charge >= 0.3 is 0 Å². The molecule has 1 aromatic carbocycles. The molecule has 1 saturated heterocycles. The van der Waals surface area contributed by atoms with E-state index in [2.05, 4.69) is 19.2 Å². The number of rotatable bonds is 4. The molecular weight excluding hydrogens is 268 g/mol. The van der Waals surface area contributed by atoms with Gasteiger partial charge in [-0.2, -0.15) is 0 Å². The SMILES string of the molecule is CC(C)COc1ccc(C(=O)N2CCNC(=O)CC2)cc1. The van der Waals surface area contributed by atoms with Crippen LogP contribution in [-0.2, 0) is 4.79 Å². The first-order valence-electron chi connectivity index (χ1n) is 7.35. The van der Waals surface area contributed by atoms with Crippen LogP contribution in [0.15, 0.2) is 24.3 Å². The lowest BCUT2D eigenvalue weighted by Crippen LogP contribution is -2.34. The molecule has 0 aliphatic carbocycles. The van der Waals surface area contributed by atoms with E-state index in [0.717, 1.165) is 5.75 Å². The molecular formula is C16H22N2O3. The average molecular weight is 290 g/mol. The zero-order chi connectivity index (χ0) is 15.2. The van der Waals surface area contributed by atoms with Crippen LogP contribution in [0.3, 0.4) is 0 Å². The molecule has 2 amide bonds. The molecule has 0 saturated carbocycles. The topological polar surface area (TPSA) is 58.6 Å². The van der Waals surface area contributed by atoms with Crippen molar-refractivity contribution in [2.45, 2.75) is 20.3 Å². The molecule has 21 heavy (non-hydrogen) atoms. The Morgan fingerprint density at radius 2 is 2.00 bits per heavy atom. The molecule has 0 atom stereocenters. The van der Waals surface area contributed by atoms with Crippen LogP contribution in [0.5, 0.6) is 5.75 Å². The van der Waals surface area contributed by atoms with Crippen LogP contribution in [0.1, 0.15) is 30.6 Å². The van der Waals surface area contributed by atoms with Gasteiger partial charge in [-0.25, -0.2) is 0 Å².